The molecule has 0 spiro atoms. The third-order valence-electron chi connectivity index (χ3n) is 3.40. The van der Waals surface area contributed by atoms with Crippen molar-refractivity contribution in [3.63, 3.8) is 0 Å². The monoisotopic (exact) mass is 318 g/mol. The van der Waals surface area contributed by atoms with Crippen molar-refractivity contribution in [3.05, 3.63) is 35.6 Å². The SMILES string of the molecule is CC(C)C[C@@H](NC(=O)c1cn2ccsc2n1)c1ncnn1C. The molecule has 8 heteroatoms. The third kappa shape index (κ3) is 2.87. The molecule has 3 rings (SSSR count). The van der Waals surface area contributed by atoms with Gasteiger partial charge < -0.3 is 5.32 Å². The molecule has 0 aromatic carbocycles. The summed E-state index contributed by atoms with van der Waals surface area (Å²) in [6, 6.07) is -0.181. The number of carbonyl (C=O) groups is 1. The minimum absolute atomic E-state index is 0.181. The maximum absolute atomic E-state index is 12.5. The smallest absolute Gasteiger partial charge is 0.272 e. The molecule has 7 nitrogen and oxygen atoms in total. The molecule has 0 fully saturated rings. The van der Waals surface area contributed by atoms with E-state index in [0.29, 0.717) is 11.6 Å². The van der Waals surface area contributed by atoms with E-state index in [-0.39, 0.29) is 11.9 Å². The highest BCUT2D eigenvalue weighted by Crippen LogP contribution is 2.20. The van der Waals surface area contributed by atoms with Gasteiger partial charge in [-0.3, -0.25) is 13.9 Å². The highest BCUT2D eigenvalue weighted by atomic mass is 32.1. The fourth-order valence-electron chi connectivity index (χ4n) is 2.39. The van der Waals surface area contributed by atoms with Gasteiger partial charge in [0.25, 0.3) is 5.91 Å². The van der Waals surface area contributed by atoms with Crippen LogP contribution in [0.25, 0.3) is 4.96 Å². The lowest BCUT2D eigenvalue weighted by Gasteiger charge is -2.19. The summed E-state index contributed by atoms with van der Waals surface area (Å²) in [4.78, 5) is 21.9. The van der Waals surface area contributed by atoms with E-state index in [4.69, 9.17) is 0 Å². The molecule has 1 atom stereocenters. The number of nitrogens with zero attached hydrogens (tertiary/aromatic N) is 5. The zero-order chi connectivity index (χ0) is 15.7. The van der Waals surface area contributed by atoms with Crippen molar-refractivity contribution in [1.29, 1.82) is 0 Å². The molecular weight excluding hydrogens is 300 g/mol. The van der Waals surface area contributed by atoms with Gasteiger partial charge in [-0.15, -0.1) is 11.3 Å². The summed E-state index contributed by atoms with van der Waals surface area (Å²) in [5.41, 5.74) is 0.419. The highest BCUT2D eigenvalue weighted by Gasteiger charge is 2.22. The molecule has 0 saturated carbocycles. The predicted octanol–water partition coefficient (Wildman–Crippen LogP) is 2.04. The molecule has 3 heterocycles. The number of aryl methyl sites for hydroxylation is 1. The van der Waals surface area contributed by atoms with Crippen molar-refractivity contribution in [2.45, 2.75) is 26.3 Å². The second-order valence-electron chi connectivity index (χ2n) is 5.62. The van der Waals surface area contributed by atoms with E-state index in [1.807, 2.05) is 23.0 Å². The molecule has 22 heavy (non-hydrogen) atoms. The van der Waals surface area contributed by atoms with Gasteiger partial charge in [0.2, 0.25) is 0 Å². The Hall–Kier alpha value is -2.22. The van der Waals surface area contributed by atoms with E-state index in [9.17, 15) is 4.79 Å². The van der Waals surface area contributed by atoms with Gasteiger partial charge >= 0.3 is 0 Å². The summed E-state index contributed by atoms with van der Waals surface area (Å²) in [7, 11) is 1.83. The number of carbonyl (C=O) groups excluding carboxylic acids is 1. The molecule has 0 aliphatic heterocycles. The van der Waals surface area contributed by atoms with Crippen LogP contribution < -0.4 is 5.32 Å². The first kappa shape index (κ1) is 14.7. The minimum Gasteiger partial charge on any atom is -0.341 e. The van der Waals surface area contributed by atoms with Crippen LogP contribution in [0.3, 0.4) is 0 Å². The van der Waals surface area contributed by atoms with Gasteiger partial charge in [-0.1, -0.05) is 13.8 Å². The molecule has 0 unspecified atom stereocenters. The van der Waals surface area contributed by atoms with Crippen molar-refractivity contribution in [3.8, 4) is 0 Å². The van der Waals surface area contributed by atoms with Crippen molar-refractivity contribution < 1.29 is 4.79 Å². The number of hydrogen-bond donors (Lipinski definition) is 1. The Morgan fingerprint density at radius 2 is 2.27 bits per heavy atom. The number of fused-ring (bicyclic) bond motifs is 1. The number of aromatic nitrogens is 5. The number of imidazole rings is 1. The van der Waals surface area contributed by atoms with Crippen molar-refractivity contribution in [2.24, 2.45) is 13.0 Å². The van der Waals surface area contributed by atoms with Gasteiger partial charge in [0.1, 0.15) is 17.8 Å². The van der Waals surface area contributed by atoms with Gasteiger partial charge in [-0.25, -0.2) is 9.97 Å². The molecule has 116 valence electrons. The number of nitrogens with one attached hydrogen (secondary N) is 1. The van der Waals surface area contributed by atoms with Crippen LogP contribution in [0.5, 0.6) is 0 Å². The summed E-state index contributed by atoms with van der Waals surface area (Å²) in [5, 5.41) is 9.05. The van der Waals surface area contributed by atoms with E-state index >= 15 is 0 Å². The fourth-order valence-corrected chi connectivity index (χ4v) is 3.09. The zero-order valence-corrected chi connectivity index (χ0v) is 13.5. The number of rotatable bonds is 5. The van der Waals surface area contributed by atoms with Crippen LogP contribution in [0.1, 0.15) is 42.6 Å². The number of thiazole rings is 1. The van der Waals surface area contributed by atoms with E-state index in [1.165, 1.54) is 17.7 Å². The molecule has 0 radical (unpaired) electrons. The van der Waals surface area contributed by atoms with E-state index in [1.54, 1.807) is 10.9 Å². The Morgan fingerprint density at radius 1 is 1.45 bits per heavy atom. The van der Waals surface area contributed by atoms with Crippen LogP contribution in [0.15, 0.2) is 24.1 Å². The molecule has 0 saturated heterocycles. The molecule has 1 amide bonds. The molecular formula is C14H18N6OS. The van der Waals surface area contributed by atoms with E-state index < -0.39 is 0 Å². The molecule has 3 aromatic heterocycles. The molecule has 0 bridgehead atoms. The number of hydrogen-bond acceptors (Lipinski definition) is 5. The van der Waals surface area contributed by atoms with Crippen LogP contribution in [-0.2, 0) is 7.05 Å². The zero-order valence-electron chi connectivity index (χ0n) is 12.7. The topological polar surface area (TPSA) is 77.1 Å². The Bertz CT molecular complexity index is 758. The molecule has 0 aliphatic rings. The van der Waals surface area contributed by atoms with Crippen LogP contribution in [0.4, 0.5) is 0 Å². The van der Waals surface area contributed by atoms with Crippen LogP contribution in [-0.4, -0.2) is 30.1 Å². The van der Waals surface area contributed by atoms with E-state index in [0.717, 1.165) is 17.2 Å². The average Bonchev–Trinajstić information content (AvgIpc) is 3.11. The summed E-state index contributed by atoms with van der Waals surface area (Å²) in [6.07, 6.45) is 5.92. The Kier molecular flexibility index (Phi) is 3.93. The van der Waals surface area contributed by atoms with Gasteiger partial charge in [0, 0.05) is 24.8 Å². The van der Waals surface area contributed by atoms with Crippen LogP contribution in [0, 0.1) is 5.92 Å². The standard InChI is InChI=1S/C14H18N6OS/c1-9(2)6-10(12-15-8-16-19(12)3)17-13(21)11-7-20-4-5-22-14(20)18-11/h4-5,7-10H,6H2,1-3H3,(H,17,21)/t10-/m1/s1. The van der Waals surface area contributed by atoms with E-state index in [2.05, 4.69) is 34.2 Å². The normalized spacial score (nSPS) is 12.9. The Labute approximate surface area is 132 Å². The van der Waals surface area contributed by atoms with Crippen molar-refractivity contribution in [2.75, 3.05) is 0 Å². The average molecular weight is 318 g/mol. The Morgan fingerprint density at radius 3 is 2.91 bits per heavy atom. The van der Waals surface area contributed by atoms with Crippen LogP contribution in [0.2, 0.25) is 0 Å². The largest absolute Gasteiger partial charge is 0.341 e. The quantitative estimate of drug-likeness (QED) is 0.781. The molecule has 0 aliphatic carbocycles. The van der Waals surface area contributed by atoms with Crippen molar-refractivity contribution in [1.82, 2.24) is 29.5 Å². The second-order valence-corrected chi connectivity index (χ2v) is 6.49. The third-order valence-corrected chi connectivity index (χ3v) is 4.17. The van der Waals surface area contributed by atoms with Gasteiger partial charge in [-0.05, 0) is 12.3 Å². The number of amides is 1. The lowest BCUT2D eigenvalue weighted by molar-refractivity contribution is 0.0924. The van der Waals surface area contributed by atoms with Crippen LogP contribution >= 0.6 is 11.3 Å². The van der Waals surface area contributed by atoms with Gasteiger partial charge in [0.05, 0.1) is 6.04 Å². The lowest BCUT2D eigenvalue weighted by Crippen LogP contribution is -2.31. The molecule has 1 N–H and O–H groups in total. The van der Waals surface area contributed by atoms with Gasteiger partial charge in [0.15, 0.2) is 4.96 Å². The van der Waals surface area contributed by atoms with Gasteiger partial charge in [-0.2, -0.15) is 5.10 Å². The second kappa shape index (κ2) is 5.88. The Balaban J connectivity index is 1.81. The first-order valence-electron chi connectivity index (χ1n) is 7.11. The lowest BCUT2D eigenvalue weighted by atomic mass is 10.0. The summed E-state index contributed by atoms with van der Waals surface area (Å²) >= 11 is 1.50. The fraction of sp³-hybridized carbons (Fsp3) is 0.429. The maximum Gasteiger partial charge on any atom is 0.272 e. The first-order chi connectivity index (χ1) is 10.5. The first-order valence-corrected chi connectivity index (χ1v) is 7.99. The van der Waals surface area contributed by atoms with Crippen molar-refractivity contribution >= 4 is 22.2 Å². The molecule has 3 aromatic rings. The minimum atomic E-state index is -0.190. The summed E-state index contributed by atoms with van der Waals surface area (Å²) in [6.45, 7) is 4.23. The highest BCUT2D eigenvalue weighted by molar-refractivity contribution is 7.15. The maximum atomic E-state index is 12.5. The predicted molar refractivity (Wildman–Crippen MR) is 83.7 cm³/mol. The summed E-state index contributed by atoms with van der Waals surface area (Å²) in [5.74, 6) is 0.986. The summed E-state index contributed by atoms with van der Waals surface area (Å²) < 4.78 is 3.54.